The van der Waals surface area contributed by atoms with E-state index in [0.717, 1.165) is 22.3 Å². The topological polar surface area (TPSA) is 151 Å². The van der Waals surface area contributed by atoms with E-state index in [-0.39, 0.29) is 20.9 Å². The molecule has 48 heavy (non-hydrogen) atoms. The van der Waals surface area contributed by atoms with Crippen LogP contribution in [0.3, 0.4) is 0 Å². The van der Waals surface area contributed by atoms with Crippen LogP contribution in [-0.2, 0) is 20.0 Å². The number of hydrogen-bond donors (Lipinski definition) is 4. The summed E-state index contributed by atoms with van der Waals surface area (Å²) >= 11 is 0. The molecule has 10 nitrogen and oxygen atoms in total. The molecule has 0 heterocycles. The molecule has 5 aromatic carbocycles. The average molecular weight is 683 g/mol. The summed E-state index contributed by atoms with van der Waals surface area (Å²) in [7, 11) is -7.69. The van der Waals surface area contributed by atoms with Crippen LogP contribution in [0.2, 0.25) is 0 Å². The first-order valence-electron chi connectivity index (χ1n) is 14.8. The third-order valence-corrected chi connectivity index (χ3v) is 10.4. The van der Waals surface area contributed by atoms with E-state index in [4.69, 9.17) is 0 Å². The monoisotopic (exact) mass is 682 g/mol. The van der Waals surface area contributed by atoms with Crippen LogP contribution >= 0.6 is 0 Å². The highest BCUT2D eigenvalue weighted by Crippen LogP contribution is 2.26. The second-order valence-electron chi connectivity index (χ2n) is 11.3. The van der Waals surface area contributed by atoms with E-state index in [0.29, 0.717) is 22.7 Å². The minimum Gasteiger partial charge on any atom is -0.322 e. The first-order chi connectivity index (χ1) is 22.7. The highest BCUT2D eigenvalue weighted by Gasteiger charge is 2.19. The number of para-hydroxylation sites is 2. The van der Waals surface area contributed by atoms with Crippen LogP contribution in [0.15, 0.2) is 119 Å². The zero-order chi connectivity index (χ0) is 34.6. The molecule has 0 aliphatic heterocycles. The average Bonchev–Trinajstić information content (AvgIpc) is 3.05. The first-order valence-corrected chi connectivity index (χ1v) is 17.8. The highest BCUT2D eigenvalue weighted by molar-refractivity contribution is 7.93. The number of anilines is 4. The van der Waals surface area contributed by atoms with E-state index >= 15 is 0 Å². The molecule has 0 saturated carbocycles. The molecule has 0 aliphatic carbocycles. The van der Waals surface area contributed by atoms with Crippen LogP contribution < -0.4 is 20.1 Å². The minimum absolute atomic E-state index is 0.0452. The molecule has 0 bridgehead atoms. The molecule has 0 radical (unpaired) electrons. The fraction of sp³-hybridized carbons (Fsp3) is 0.111. The molecular formula is C36H34N4O6S2. The van der Waals surface area contributed by atoms with E-state index in [2.05, 4.69) is 20.1 Å². The van der Waals surface area contributed by atoms with Gasteiger partial charge < -0.3 is 10.6 Å². The third-order valence-electron chi connectivity index (χ3n) is 7.69. The lowest BCUT2D eigenvalue weighted by Gasteiger charge is -2.14. The second-order valence-corrected chi connectivity index (χ2v) is 14.6. The van der Waals surface area contributed by atoms with Crippen molar-refractivity contribution in [3.63, 3.8) is 0 Å². The van der Waals surface area contributed by atoms with Gasteiger partial charge in [0.25, 0.3) is 31.9 Å². The van der Waals surface area contributed by atoms with Crippen molar-refractivity contribution in [3.05, 3.63) is 143 Å². The van der Waals surface area contributed by atoms with E-state index in [9.17, 15) is 26.4 Å². The van der Waals surface area contributed by atoms with Gasteiger partial charge in [-0.25, -0.2) is 16.8 Å². The molecule has 5 rings (SSSR count). The fourth-order valence-electron chi connectivity index (χ4n) is 4.95. The van der Waals surface area contributed by atoms with Crippen molar-refractivity contribution in [1.82, 2.24) is 0 Å². The minimum atomic E-state index is -3.85. The Balaban J connectivity index is 1.18. The van der Waals surface area contributed by atoms with Gasteiger partial charge in [0, 0.05) is 22.5 Å². The summed E-state index contributed by atoms with van der Waals surface area (Å²) in [5.41, 5.74) is 5.60. The third kappa shape index (κ3) is 7.73. The zero-order valence-electron chi connectivity index (χ0n) is 26.7. The van der Waals surface area contributed by atoms with Gasteiger partial charge in [-0.3, -0.25) is 19.0 Å². The maximum absolute atomic E-state index is 12.9. The lowest BCUT2D eigenvalue weighted by atomic mass is 10.1. The molecule has 0 aliphatic rings. The number of sulfonamides is 2. The van der Waals surface area contributed by atoms with Gasteiger partial charge in [-0.15, -0.1) is 0 Å². The van der Waals surface area contributed by atoms with Crippen molar-refractivity contribution >= 4 is 54.6 Å². The van der Waals surface area contributed by atoms with Gasteiger partial charge >= 0.3 is 0 Å². The predicted octanol–water partition coefficient (Wildman–Crippen LogP) is 7.03. The summed E-state index contributed by atoms with van der Waals surface area (Å²) in [6.45, 7) is 7.30. The van der Waals surface area contributed by atoms with Gasteiger partial charge in [-0.2, -0.15) is 0 Å². The Morgan fingerprint density at radius 3 is 1.02 bits per heavy atom. The highest BCUT2D eigenvalue weighted by atomic mass is 32.2. The Labute approximate surface area is 280 Å². The smallest absolute Gasteiger partial charge is 0.261 e. The van der Waals surface area contributed by atoms with Crippen molar-refractivity contribution in [2.45, 2.75) is 37.5 Å². The molecule has 0 saturated heterocycles. The summed E-state index contributed by atoms with van der Waals surface area (Å²) in [6.07, 6.45) is 0. The number of aryl methyl sites for hydroxylation is 4. The quantitative estimate of drug-likeness (QED) is 0.124. The van der Waals surface area contributed by atoms with Crippen molar-refractivity contribution in [2.75, 3.05) is 20.1 Å². The molecular weight excluding hydrogens is 649 g/mol. The lowest BCUT2D eigenvalue weighted by Crippen LogP contribution is -2.16. The van der Waals surface area contributed by atoms with Crippen molar-refractivity contribution in [1.29, 1.82) is 0 Å². The number of carbonyl (C=O) groups excluding carboxylic acids is 2. The number of amides is 2. The lowest BCUT2D eigenvalue weighted by molar-refractivity contribution is 0.101. The number of benzene rings is 5. The SMILES string of the molecule is Cc1cccc(C)c1NS(=O)(=O)c1ccc(NC(=O)c2ccc(C(=O)Nc3ccc(S(=O)(=O)Nc4c(C)cccc4C)cc3)cc2)cc1. The van der Waals surface area contributed by atoms with Crippen LogP contribution in [0, 0.1) is 27.7 Å². The molecule has 5 aromatic rings. The van der Waals surface area contributed by atoms with Gasteiger partial charge in [0.05, 0.1) is 21.2 Å². The van der Waals surface area contributed by atoms with Crippen LogP contribution in [0.5, 0.6) is 0 Å². The van der Waals surface area contributed by atoms with Gasteiger partial charge in [0.2, 0.25) is 0 Å². The molecule has 0 unspecified atom stereocenters. The van der Waals surface area contributed by atoms with Crippen LogP contribution in [0.4, 0.5) is 22.7 Å². The summed E-state index contributed by atoms with van der Waals surface area (Å²) in [5, 5.41) is 5.45. The molecule has 0 aromatic heterocycles. The van der Waals surface area contributed by atoms with Gasteiger partial charge in [-0.1, -0.05) is 36.4 Å². The van der Waals surface area contributed by atoms with E-state index in [1.165, 1.54) is 72.8 Å². The number of carbonyl (C=O) groups is 2. The summed E-state index contributed by atoms with van der Waals surface area (Å²) in [5.74, 6) is -0.893. The Bertz CT molecular complexity index is 2020. The number of rotatable bonds is 10. The van der Waals surface area contributed by atoms with Gasteiger partial charge in [0.15, 0.2) is 0 Å². The molecule has 4 N–H and O–H groups in total. The van der Waals surface area contributed by atoms with Crippen molar-refractivity contribution in [3.8, 4) is 0 Å². The Kier molecular flexibility index (Phi) is 9.69. The molecule has 0 spiro atoms. The number of hydrogen-bond acceptors (Lipinski definition) is 6. The normalized spacial score (nSPS) is 11.4. The molecule has 2 amide bonds. The maximum Gasteiger partial charge on any atom is 0.261 e. The molecule has 0 atom stereocenters. The van der Waals surface area contributed by atoms with E-state index in [1.807, 2.05) is 64.1 Å². The largest absolute Gasteiger partial charge is 0.322 e. The van der Waals surface area contributed by atoms with Crippen molar-refractivity contribution < 1.29 is 26.4 Å². The van der Waals surface area contributed by atoms with Gasteiger partial charge in [0.1, 0.15) is 0 Å². The Morgan fingerprint density at radius 1 is 0.438 bits per heavy atom. The number of nitrogens with one attached hydrogen (secondary N) is 4. The van der Waals surface area contributed by atoms with Crippen LogP contribution in [-0.4, -0.2) is 28.6 Å². The molecule has 246 valence electrons. The summed E-state index contributed by atoms with van der Waals surface area (Å²) in [4.78, 5) is 25.8. The summed E-state index contributed by atoms with van der Waals surface area (Å²) < 4.78 is 57.0. The molecule has 12 heteroatoms. The van der Waals surface area contributed by atoms with Crippen LogP contribution in [0.1, 0.15) is 43.0 Å². The fourth-order valence-corrected chi connectivity index (χ4v) is 7.36. The summed E-state index contributed by atoms with van der Waals surface area (Å²) in [6, 6.07) is 28.6. The van der Waals surface area contributed by atoms with Crippen molar-refractivity contribution in [2.24, 2.45) is 0 Å². The van der Waals surface area contributed by atoms with E-state index in [1.54, 1.807) is 0 Å². The maximum atomic E-state index is 12.9. The van der Waals surface area contributed by atoms with E-state index < -0.39 is 31.9 Å². The van der Waals surface area contributed by atoms with Gasteiger partial charge in [-0.05, 0) is 123 Å². The molecule has 0 fully saturated rings. The second kappa shape index (κ2) is 13.7. The zero-order valence-corrected chi connectivity index (χ0v) is 28.3. The standard InChI is InChI=1S/C36H34N4O6S2/c1-23-7-5-8-24(2)33(23)39-47(43,44)31-19-15-29(16-20-31)37-35(41)27-11-13-28(14-12-27)36(42)38-30-17-21-32(22-18-30)48(45,46)40-34-25(3)9-6-10-26(34)4/h5-22,39-40H,1-4H3,(H,37,41)(H,38,42). The van der Waals surface area contributed by atoms with Crippen LogP contribution in [0.25, 0.3) is 0 Å². The predicted molar refractivity (Wildman–Crippen MR) is 189 cm³/mol. The Morgan fingerprint density at radius 2 is 0.729 bits per heavy atom. The Hall–Kier alpha value is -5.46. The first kappa shape index (κ1) is 33.9.